The van der Waals surface area contributed by atoms with Crippen molar-refractivity contribution >= 4 is 11.6 Å². The maximum absolute atomic E-state index is 6.22. The molecular formula is C11H14ClNO2. The van der Waals surface area contributed by atoms with Crippen LogP contribution in [0.4, 0.5) is 0 Å². The average Bonchev–Trinajstić information content (AvgIpc) is 2.67. The molecule has 3 nitrogen and oxygen atoms in total. The minimum Gasteiger partial charge on any atom is -0.495 e. The van der Waals surface area contributed by atoms with Crippen LogP contribution in [0.15, 0.2) is 6.07 Å². The molecule has 1 aromatic carbocycles. The minimum absolute atomic E-state index is 0.595. The van der Waals surface area contributed by atoms with Gasteiger partial charge in [0.2, 0.25) is 0 Å². The van der Waals surface area contributed by atoms with Crippen molar-refractivity contribution in [1.82, 2.24) is 5.32 Å². The summed E-state index contributed by atoms with van der Waals surface area (Å²) in [6, 6.07) is 2.10. The van der Waals surface area contributed by atoms with E-state index in [4.69, 9.17) is 21.1 Å². The van der Waals surface area contributed by atoms with Gasteiger partial charge in [-0.3, -0.25) is 0 Å². The first-order chi connectivity index (χ1) is 7.27. The van der Waals surface area contributed by atoms with Crippen molar-refractivity contribution in [3.63, 3.8) is 0 Å². The molecule has 4 heteroatoms. The highest BCUT2D eigenvalue weighted by molar-refractivity contribution is 6.33. The summed E-state index contributed by atoms with van der Waals surface area (Å²) in [5.41, 5.74) is 2.25. The number of benzene rings is 1. The first-order valence-corrected chi connectivity index (χ1v) is 5.31. The SMILES string of the molecule is CNCc1cc2c(c(Cl)c1OC)OCC2. The van der Waals surface area contributed by atoms with E-state index in [1.54, 1.807) is 7.11 Å². The Hall–Kier alpha value is -0.930. The molecule has 1 aromatic rings. The van der Waals surface area contributed by atoms with Crippen LogP contribution >= 0.6 is 11.6 Å². The molecule has 0 unspecified atom stereocenters. The zero-order valence-electron chi connectivity index (χ0n) is 8.89. The molecule has 0 atom stereocenters. The Balaban J connectivity index is 2.51. The highest BCUT2D eigenvalue weighted by Crippen LogP contribution is 2.42. The van der Waals surface area contributed by atoms with E-state index in [0.29, 0.717) is 17.4 Å². The van der Waals surface area contributed by atoms with E-state index in [2.05, 4.69) is 11.4 Å². The maximum Gasteiger partial charge on any atom is 0.145 e. The van der Waals surface area contributed by atoms with Crippen molar-refractivity contribution in [2.45, 2.75) is 13.0 Å². The quantitative estimate of drug-likeness (QED) is 0.857. The largest absolute Gasteiger partial charge is 0.495 e. The zero-order chi connectivity index (χ0) is 10.8. The lowest BCUT2D eigenvalue weighted by atomic mass is 10.1. The Kier molecular flexibility index (Phi) is 3.03. The van der Waals surface area contributed by atoms with Crippen molar-refractivity contribution in [3.05, 3.63) is 22.2 Å². The van der Waals surface area contributed by atoms with Gasteiger partial charge in [-0.25, -0.2) is 0 Å². The average molecular weight is 228 g/mol. The Morgan fingerprint density at radius 2 is 2.40 bits per heavy atom. The van der Waals surface area contributed by atoms with Gasteiger partial charge >= 0.3 is 0 Å². The number of hydrogen-bond acceptors (Lipinski definition) is 3. The van der Waals surface area contributed by atoms with E-state index >= 15 is 0 Å². The van der Waals surface area contributed by atoms with E-state index in [-0.39, 0.29) is 0 Å². The van der Waals surface area contributed by atoms with Crippen LogP contribution in [0.2, 0.25) is 5.02 Å². The summed E-state index contributed by atoms with van der Waals surface area (Å²) in [5, 5.41) is 3.69. The molecule has 1 heterocycles. The maximum atomic E-state index is 6.22. The van der Waals surface area contributed by atoms with Crippen LogP contribution in [0.5, 0.6) is 11.5 Å². The van der Waals surface area contributed by atoms with Crippen LogP contribution in [0.25, 0.3) is 0 Å². The molecule has 0 amide bonds. The van der Waals surface area contributed by atoms with Gasteiger partial charge in [0.15, 0.2) is 0 Å². The summed E-state index contributed by atoms with van der Waals surface area (Å²) < 4.78 is 10.8. The molecule has 2 rings (SSSR count). The summed E-state index contributed by atoms with van der Waals surface area (Å²) in [4.78, 5) is 0. The Bertz CT molecular complexity index is 379. The van der Waals surface area contributed by atoms with Crippen molar-refractivity contribution in [1.29, 1.82) is 0 Å². The summed E-state index contributed by atoms with van der Waals surface area (Å²) in [5.74, 6) is 1.50. The van der Waals surface area contributed by atoms with Gasteiger partial charge < -0.3 is 14.8 Å². The topological polar surface area (TPSA) is 30.5 Å². The van der Waals surface area contributed by atoms with Crippen LogP contribution in [0, 0.1) is 0 Å². The van der Waals surface area contributed by atoms with Gasteiger partial charge in [-0.15, -0.1) is 0 Å². The lowest BCUT2D eigenvalue weighted by Crippen LogP contribution is -2.07. The molecule has 1 aliphatic heterocycles. The van der Waals surface area contributed by atoms with E-state index in [0.717, 1.165) is 24.3 Å². The second kappa shape index (κ2) is 4.29. The molecule has 0 saturated heterocycles. The van der Waals surface area contributed by atoms with Gasteiger partial charge in [-0.05, 0) is 18.7 Å². The van der Waals surface area contributed by atoms with E-state index < -0.39 is 0 Å². The molecule has 0 bridgehead atoms. The van der Waals surface area contributed by atoms with Gasteiger partial charge in [-0.1, -0.05) is 11.6 Å². The monoisotopic (exact) mass is 227 g/mol. The van der Waals surface area contributed by atoms with E-state index in [1.807, 2.05) is 7.05 Å². The third-order valence-corrected chi connectivity index (χ3v) is 2.86. The third-order valence-electron chi connectivity index (χ3n) is 2.52. The number of ether oxygens (including phenoxy) is 2. The van der Waals surface area contributed by atoms with Crippen molar-refractivity contribution in [2.24, 2.45) is 0 Å². The molecule has 0 radical (unpaired) electrons. The molecule has 1 aliphatic rings. The number of halogens is 1. The molecule has 0 aliphatic carbocycles. The summed E-state index contributed by atoms with van der Waals surface area (Å²) in [7, 11) is 3.53. The second-order valence-corrected chi connectivity index (χ2v) is 3.88. The zero-order valence-corrected chi connectivity index (χ0v) is 9.65. The highest BCUT2D eigenvalue weighted by atomic mass is 35.5. The molecule has 0 aromatic heterocycles. The molecule has 1 N–H and O–H groups in total. The normalized spacial score (nSPS) is 13.5. The van der Waals surface area contributed by atoms with Crippen LogP contribution in [-0.2, 0) is 13.0 Å². The van der Waals surface area contributed by atoms with Crippen LogP contribution in [-0.4, -0.2) is 20.8 Å². The van der Waals surface area contributed by atoms with Crippen molar-refractivity contribution in [3.8, 4) is 11.5 Å². The third kappa shape index (κ3) is 1.77. The summed E-state index contributed by atoms with van der Waals surface area (Å²) in [6.45, 7) is 1.46. The number of rotatable bonds is 3. The highest BCUT2D eigenvalue weighted by Gasteiger charge is 2.22. The smallest absolute Gasteiger partial charge is 0.145 e. The Labute approximate surface area is 94.3 Å². The molecule has 0 spiro atoms. The van der Waals surface area contributed by atoms with Gasteiger partial charge in [-0.2, -0.15) is 0 Å². The second-order valence-electron chi connectivity index (χ2n) is 3.50. The number of nitrogens with one attached hydrogen (secondary N) is 1. The Morgan fingerprint density at radius 3 is 3.07 bits per heavy atom. The summed E-state index contributed by atoms with van der Waals surface area (Å²) in [6.07, 6.45) is 0.926. The molecule has 15 heavy (non-hydrogen) atoms. The van der Waals surface area contributed by atoms with Gasteiger partial charge in [0, 0.05) is 18.5 Å². The van der Waals surface area contributed by atoms with Gasteiger partial charge in [0.05, 0.1) is 13.7 Å². The van der Waals surface area contributed by atoms with E-state index in [1.165, 1.54) is 5.56 Å². The number of fused-ring (bicyclic) bond motifs is 1. The van der Waals surface area contributed by atoms with Gasteiger partial charge in [0.1, 0.15) is 16.5 Å². The van der Waals surface area contributed by atoms with Crippen LogP contribution in [0.3, 0.4) is 0 Å². The lowest BCUT2D eigenvalue weighted by molar-refractivity contribution is 0.352. The predicted molar refractivity (Wildman–Crippen MR) is 60.0 cm³/mol. The lowest BCUT2D eigenvalue weighted by Gasteiger charge is -2.13. The van der Waals surface area contributed by atoms with Crippen molar-refractivity contribution in [2.75, 3.05) is 20.8 Å². The first kappa shape index (κ1) is 10.6. The molecular weight excluding hydrogens is 214 g/mol. The summed E-state index contributed by atoms with van der Waals surface area (Å²) >= 11 is 6.22. The fraction of sp³-hybridized carbons (Fsp3) is 0.455. The fourth-order valence-corrected chi connectivity index (χ4v) is 2.25. The first-order valence-electron chi connectivity index (χ1n) is 4.93. The van der Waals surface area contributed by atoms with Crippen molar-refractivity contribution < 1.29 is 9.47 Å². The fourth-order valence-electron chi connectivity index (χ4n) is 1.87. The van der Waals surface area contributed by atoms with Crippen LogP contribution in [0.1, 0.15) is 11.1 Å². The molecule has 0 fully saturated rings. The standard InChI is InChI=1S/C11H14ClNO2/c1-13-6-8-5-7-3-4-15-11(7)9(12)10(8)14-2/h5,13H,3-4,6H2,1-2H3. The minimum atomic E-state index is 0.595. The number of hydrogen-bond donors (Lipinski definition) is 1. The molecule has 82 valence electrons. The number of methoxy groups -OCH3 is 1. The Morgan fingerprint density at radius 1 is 1.60 bits per heavy atom. The predicted octanol–water partition coefficient (Wildman–Crippen LogP) is 2.00. The molecule has 0 saturated carbocycles. The van der Waals surface area contributed by atoms with Gasteiger partial charge in [0.25, 0.3) is 0 Å². The van der Waals surface area contributed by atoms with E-state index in [9.17, 15) is 0 Å². The van der Waals surface area contributed by atoms with Crippen LogP contribution < -0.4 is 14.8 Å².